The van der Waals surface area contributed by atoms with Crippen LogP contribution in [0.4, 0.5) is 4.79 Å². The fourth-order valence-electron chi connectivity index (χ4n) is 4.26. The Morgan fingerprint density at radius 2 is 1.91 bits per heavy atom. The van der Waals surface area contributed by atoms with Crippen LogP contribution in [0.2, 0.25) is 0 Å². The molecule has 3 amide bonds. The van der Waals surface area contributed by atoms with E-state index in [0.717, 1.165) is 12.0 Å². The number of benzene rings is 2. The molecular weight excluding hydrogens is 406 g/mol. The maximum absolute atomic E-state index is 13.5. The zero-order valence-corrected chi connectivity index (χ0v) is 18.3. The van der Waals surface area contributed by atoms with Crippen molar-refractivity contribution in [3.63, 3.8) is 0 Å². The van der Waals surface area contributed by atoms with Crippen molar-refractivity contribution in [2.24, 2.45) is 0 Å². The molecule has 0 fully saturated rings. The van der Waals surface area contributed by atoms with Crippen LogP contribution >= 0.6 is 0 Å². The summed E-state index contributed by atoms with van der Waals surface area (Å²) in [6, 6.07) is 14.5. The molecule has 0 saturated carbocycles. The van der Waals surface area contributed by atoms with E-state index in [1.807, 2.05) is 30.3 Å². The van der Waals surface area contributed by atoms with Crippen molar-refractivity contribution in [3.05, 3.63) is 83.6 Å². The largest absolute Gasteiger partial charge is 0.497 e. The number of urea groups is 1. The van der Waals surface area contributed by atoms with Gasteiger partial charge in [-0.15, -0.1) is 6.58 Å². The van der Waals surface area contributed by atoms with E-state index < -0.39 is 6.04 Å². The van der Waals surface area contributed by atoms with E-state index in [9.17, 15) is 9.59 Å². The molecule has 0 aliphatic carbocycles. The molecule has 0 unspecified atom stereocenters. The van der Waals surface area contributed by atoms with Gasteiger partial charge >= 0.3 is 6.03 Å². The summed E-state index contributed by atoms with van der Waals surface area (Å²) in [6.45, 7) is 5.03. The third-order valence-corrected chi connectivity index (χ3v) is 5.87. The number of methoxy groups -OCH3 is 2. The molecule has 0 bridgehead atoms. The minimum atomic E-state index is -0.627. The summed E-state index contributed by atoms with van der Waals surface area (Å²) >= 11 is 0. The summed E-state index contributed by atoms with van der Waals surface area (Å²) in [6.07, 6.45) is 2.40. The van der Waals surface area contributed by atoms with Gasteiger partial charge in [-0.2, -0.15) is 0 Å². The highest BCUT2D eigenvalue weighted by Crippen LogP contribution is 2.40. The van der Waals surface area contributed by atoms with Crippen LogP contribution in [-0.2, 0) is 11.2 Å². The molecule has 2 aromatic carbocycles. The normalized spacial score (nSPS) is 17.9. The summed E-state index contributed by atoms with van der Waals surface area (Å²) < 4.78 is 10.9. The van der Waals surface area contributed by atoms with E-state index in [4.69, 9.17) is 9.47 Å². The molecule has 2 aliphatic rings. The molecule has 2 heterocycles. The molecule has 0 radical (unpaired) electrons. The Hall–Kier alpha value is -3.74. The number of amides is 3. The maximum atomic E-state index is 13.5. The van der Waals surface area contributed by atoms with Crippen LogP contribution in [0.1, 0.15) is 17.2 Å². The second kappa shape index (κ2) is 9.18. The monoisotopic (exact) mass is 433 g/mol. The van der Waals surface area contributed by atoms with Gasteiger partial charge in [0.25, 0.3) is 5.91 Å². The Labute approximate surface area is 187 Å². The standard InChI is InChI=1S/C25H27N3O4/c1-4-13-28-20-16-27(14-12-17-8-6-5-7-9-17)24(29)22(20)23(26-25(28)30)19-15-18(31-2)10-11-21(19)32-3/h4-11,15,23H,1,12-14,16H2,2-3H3,(H,26,30)/t23-/m0/s1. The zero-order valence-electron chi connectivity index (χ0n) is 18.3. The van der Waals surface area contributed by atoms with Crippen molar-refractivity contribution in [1.29, 1.82) is 0 Å². The van der Waals surface area contributed by atoms with Crippen molar-refractivity contribution in [2.45, 2.75) is 12.5 Å². The Morgan fingerprint density at radius 3 is 2.59 bits per heavy atom. The van der Waals surface area contributed by atoms with Crippen LogP contribution in [0.15, 0.2) is 72.5 Å². The second-order valence-electron chi connectivity index (χ2n) is 7.71. The molecule has 1 N–H and O–H groups in total. The lowest BCUT2D eigenvalue weighted by Crippen LogP contribution is -2.47. The highest BCUT2D eigenvalue weighted by molar-refractivity contribution is 6.01. The molecule has 4 rings (SSSR count). The molecule has 0 spiro atoms. The predicted molar refractivity (Wildman–Crippen MR) is 121 cm³/mol. The second-order valence-corrected chi connectivity index (χ2v) is 7.71. The minimum absolute atomic E-state index is 0.0835. The van der Waals surface area contributed by atoms with E-state index in [2.05, 4.69) is 11.9 Å². The number of carbonyl (C=O) groups is 2. The summed E-state index contributed by atoms with van der Waals surface area (Å²) in [7, 11) is 3.14. The average molecular weight is 434 g/mol. The minimum Gasteiger partial charge on any atom is -0.497 e. The van der Waals surface area contributed by atoms with Crippen molar-refractivity contribution in [2.75, 3.05) is 33.9 Å². The molecule has 32 heavy (non-hydrogen) atoms. The SMILES string of the molecule is C=CCN1C(=O)N[C@@H](c2cc(OC)ccc2OC)C2=C1CN(CCc1ccccc1)C2=O. The highest BCUT2D eigenvalue weighted by Gasteiger charge is 2.44. The van der Waals surface area contributed by atoms with Crippen LogP contribution in [0.3, 0.4) is 0 Å². The third-order valence-electron chi connectivity index (χ3n) is 5.87. The number of carbonyl (C=O) groups excluding carboxylic acids is 2. The van der Waals surface area contributed by atoms with Gasteiger partial charge in [0.15, 0.2) is 0 Å². The molecule has 1 atom stereocenters. The molecule has 2 aliphatic heterocycles. The number of rotatable bonds is 8. The fourth-order valence-corrected chi connectivity index (χ4v) is 4.26. The highest BCUT2D eigenvalue weighted by atomic mass is 16.5. The number of ether oxygens (including phenoxy) is 2. The first-order valence-corrected chi connectivity index (χ1v) is 10.5. The van der Waals surface area contributed by atoms with Gasteiger partial charge in [-0.3, -0.25) is 9.69 Å². The van der Waals surface area contributed by atoms with E-state index in [0.29, 0.717) is 48.0 Å². The Balaban J connectivity index is 1.70. The lowest BCUT2D eigenvalue weighted by molar-refractivity contribution is -0.125. The molecule has 7 heteroatoms. The van der Waals surface area contributed by atoms with Crippen LogP contribution in [0, 0.1) is 0 Å². The Kier molecular flexibility index (Phi) is 6.16. The predicted octanol–water partition coefficient (Wildman–Crippen LogP) is 3.30. The third kappa shape index (κ3) is 3.93. The van der Waals surface area contributed by atoms with E-state index in [1.54, 1.807) is 48.3 Å². The maximum Gasteiger partial charge on any atom is 0.322 e. The summed E-state index contributed by atoms with van der Waals surface area (Å²) in [5.74, 6) is 1.12. The van der Waals surface area contributed by atoms with Crippen LogP contribution in [-0.4, -0.2) is 55.6 Å². The smallest absolute Gasteiger partial charge is 0.322 e. The lowest BCUT2D eigenvalue weighted by Gasteiger charge is -2.33. The number of hydrogen-bond acceptors (Lipinski definition) is 4. The lowest BCUT2D eigenvalue weighted by atomic mass is 9.94. The van der Waals surface area contributed by atoms with Crippen LogP contribution in [0.5, 0.6) is 11.5 Å². The molecule has 166 valence electrons. The number of nitrogens with one attached hydrogen (secondary N) is 1. The first kappa shape index (κ1) is 21.5. The fraction of sp³-hybridized carbons (Fsp3) is 0.280. The van der Waals surface area contributed by atoms with Crippen LogP contribution in [0.25, 0.3) is 0 Å². The molecule has 2 aromatic rings. The van der Waals surface area contributed by atoms with Gasteiger partial charge < -0.3 is 19.7 Å². The van der Waals surface area contributed by atoms with E-state index in [1.165, 1.54) is 0 Å². The van der Waals surface area contributed by atoms with Gasteiger partial charge in [-0.25, -0.2) is 4.79 Å². The number of nitrogens with zero attached hydrogens (tertiary/aromatic N) is 2. The van der Waals surface area contributed by atoms with Gasteiger partial charge in [0.05, 0.1) is 38.1 Å². The van der Waals surface area contributed by atoms with Gasteiger partial charge in [-0.1, -0.05) is 36.4 Å². The first-order chi connectivity index (χ1) is 15.6. The van der Waals surface area contributed by atoms with Crippen molar-refractivity contribution < 1.29 is 19.1 Å². The molecular formula is C25H27N3O4. The van der Waals surface area contributed by atoms with Gasteiger partial charge in [0.2, 0.25) is 0 Å². The Morgan fingerprint density at radius 1 is 1.12 bits per heavy atom. The Bertz CT molecular complexity index is 1060. The summed E-state index contributed by atoms with van der Waals surface area (Å²) in [5.41, 5.74) is 3.12. The quantitative estimate of drug-likeness (QED) is 0.649. The molecule has 0 saturated heterocycles. The molecule has 0 aromatic heterocycles. The van der Waals surface area contributed by atoms with Crippen LogP contribution < -0.4 is 14.8 Å². The van der Waals surface area contributed by atoms with Crippen molar-refractivity contribution >= 4 is 11.9 Å². The van der Waals surface area contributed by atoms with E-state index >= 15 is 0 Å². The number of hydrogen-bond donors (Lipinski definition) is 1. The summed E-state index contributed by atoms with van der Waals surface area (Å²) in [4.78, 5) is 29.9. The first-order valence-electron chi connectivity index (χ1n) is 10.5. The van der Waals surface area contributed by atoms with Gasteiger partial charge in [-0.05, 0) is 30.2 Å². The molecule has 7 nitrogen and oxygen atoms in total. The van der Waals surface area contributed by atoms with Crippen molar-refractivity contribution in [1.82, 2.24) is 15.1 Å². The van der Waals surface area contributed by atoms with Gasteiger partial charge in [0, 0.05) is 18.7 Å². The van der Waals surface area contributed by atoms with E-state index in [-0.39, 0.29) is 11.9 Å². The summed E-state index contributed by atoms with van der Waals surface area (Å²) in [5, 5.41) is 2.99. The zero-order chi connectivity index (χ0) is 22.7. The van der Waals surface area contributed by atoms with Gasteiger partial charge in [0.1, 0.15) is 11.5 Å². The van der Waals surface area contributed by atoms with Crippen molar-refractivity contribution in [3.8, 4) is 11.5 Å². The topological polar surface area (TPSA) is 71.1 Å². The average Bonchev–Trinajstić information content (AvgIpc) is 3.15.